The summed E-state index contributed by atoms with van der Waals surface area (Å²) in [6.07, 6.45) is 9.09. The summed E-state index contributed by atoms with van der Waals surface area (Å²) in [6.45, 7) is 3.04. The number of amides is 1. The lowest BCUT2D eigenvalue weighted by Gasteiger charge is -2.35. The number of aromatic nitrogens is 4. The van der Waals surface area contributed by atoms with Gasteiger partial charge in [-0.15, -0.1) is 0 Å². The van der Waals surface area contributed by atoms with Gasteiger partial charge in [0.05, 0.1) is 12.0 Å². The molecule has 36 heavy (non-hydrogen) atoms. The van der Waals surface area contributed by atoms with Crippen LogP contribution in [0.3, 0.4) is 0 Å². The fraction of sp³-hybridized carbons (Fsp3) is 0.280. The van der Waals surface area contributed by atoms with Gasteiger partial charge in [0.15, 0.2) is 5.82 Å². The summed E-state index contributed by atoms with van der Waals surface area (Å²) in [6, 6.07) is 3.61. The van der Waals surface area contributed by atoms with E-state index in [9.17, 15) is 4.79 Å². The Morgan fingerprint density at radius 3 is 2.94 bits per heavy atom. The van der Waals surface area contributed by atoms with Crippen LogP contribution in [0.15, 0.2) is 43.2 Å². The molecule has 0 saturated heterocycles. The van der Waals surface area contributed by atoms with E-state index in [0.717, 1.165) is 24.1 Å². The molecule has 4 heterocycles. The molecule has 2 aliphatic rings. The first kappa shape index (κ1) is 22.1. The molecule has 10 nitrogen and oxygen atoms in total. The van der Waals surface area contributed by atoms with Crippen LogP contribution < -0.4 is 21.1 Å². The summed E-state index contributed by atoms with van der Waals surface area (Å²) in [4.78, 5) is 25.0. The number of imidazole rings is 1. The van der Waals surface area contributed by atoms with E-state index in [1.807, 2.05) is 17.7 Å². The number of fused-ring (bicyclic) bond motifs is 2. The van der Waals surface area contributed by atoms with Crippen molar-refractivity contribution >= 4 is 34.1 Å². The minimum absolute atomic E-state index is 0.0227. The zero-order valence-corrected chi connectivity index (χ0v) is 19.5. The molecule has 1 aliphatic heterocycles. The molecule has 0 bridgehead atoms. The zero-order valence-electron chi connectivity index (χ0n) is 19.5. The van der Waals surface area contributed by atoms with Gasteiger partial charge < -0.3 is 25.1 Å². The second-order valence-electron chi connectivity index (χ2n) is 8.98. The van der Waals surface area contributed by atoms with Gasteiger partial charge in [-0.2, -0.15) is 0 Å². The predicted molar refractivity (Wildman–Crippen MR) is 132 cm³/mol. The number of carbonyl (C=O) groups is 1. The van der Waals surface area contributed by atoms with Crippen LogP contribution in [-0.4, -0.2) is 44.9 Å². The van der Waals surface area contributed by atoms with Crippen molar-refractivity contribution < 1.29 is 18.7 Å². The predicted octanol–water partition coefficient (Wildman–Crippen LogP) is 4.28. The monoisotopic (exact) mass is 489 g/mol. The number of carbonyl (C=O) groups excluding carboxylic acids is 1. The number of nitrogens with zero attached hydrogens (tertiary/aromatic N) is 4. The van der Waals surface area contributed by atoms with Gasteiger partial charge in [-0.3, -0.25) is 5.32 Å². The third-order valence-electron chi connectivity index (χ3n) is 6.76. The molecule has 0 radical (unpaired) electrons. The van der Waals surface area contributed by atoms with Gasteiger partial charge in [-0.25, -0.2) is 24.1 Å². The molecule has 0 spiro atoms. The Morgan fingerprint density at radius 1 is 1.28 bits per heavy atom. The van der Waals surface area contributed by atoms with Crippen LogP contribution in [0, 0.1) is 12.7 Å². The second-order valence-corrected chi connectivity index (χ2v) is 8.98. The number of halogens is 1. The minimum atomic E-state index is -0.591. The van der Waals surface area contributed by atoms with Crippen LogP contribution in [0.4, 0.5) is 26.4 Å². The Kier molecular flexibility index (Phi) is 5.32. The van der Waals surface area contributed by atoms with Gasteiger partial charge in [-0.1, -0.05) is 0 Å². The average Bonchev–Trinajstić information content (AvgIpc) is 3.38. The molecular formula is C25H24FN7O3. The number of anilines is 3. The van der Waals surface area contributed by atoms with Crippen LogP contribution >= 0.6 is 0 Å². The maximum absolute atomic E-state index is 15.3. The summed E-state index contributed by atoms with van der Waals surface area (Å²) < 4.78 is 28.4. The lowest BCUT2D eigenvalue weighted by molar-refractivity contribution is 0.0293. The molecule has 1 aromatic carbocycles. The highest BCUT2D eigenvalue weighted by atomic mass is 19.1. The van der Waals surface area contributed by atoms with Crippen LogP contribution in [0.2, 0.25) is 0 Å². The molecular weight excluding hydrogens is 465 g/mol. The van der Waals surface area contributed by atoms with Gasteiger partial charge in [0.1, 0.15) is 24.2 Å². The number of hydrogen-bond acceptors (Lipinski definition) is 8. The van der Waals surface area contributed by atoms with Crippen LogP contribution in [0.5, 0.6) is 5.88 Å². The van der Waals surface area contributed by atoms with Crippen molar-refractivity contribution in [1.82, 2.24) is 19.5 Å². The van der Waals surface area contributed by atoms with Crippen molar-refractivity contribution in [3.05, 3.63) is 54.6 Å². The highest BCUT2D eigenvalue weighted by molar-refractivity contribution is 5.99. The first-order chi connectivity index (χ1) is 17.5. The Hall–Kier alpha value is -4.41. The lowest BCUT2D eigenvalue weighted by Crippen LogP contribution is -2.35. The molecule has 11 heteroatoms. The quantitative estimate of drug-likeness (QED) is 0.362. The summed E-state index contributed by atoms with van der Waals surface area (Å²) in [5.74, 6) is 0.224. The van der Waals surface area contributed by atoms with Crippen molar-refractivity contribution in [3.63, 3.8) is 0 Å². The van der Waals surface area contributed by atoms with E-state index in [0.29, 0.717) is 40.9 Å². The Balaban J connectivity index is 1.23. The van der Waals surface area contributed by atoms with Crippen molar-refractivity contribution in [3.8, 4) is 17.0 Å². The van der Waals surface area contributed by atoms with E-state index in [1.165, 1.54) is 6.20 Å². The zero-order chi connectivity index (χ0) is 24.8. The fourth-order valence-corrected chi connectivity index (χ4v) is 4.70. The third kappa shape index (κ3) is 3.82. The first-order valence-corrected chi connectivity index (χ1v) is 11.7. The second kappa shape index (κ2) is 8.67. The van der Waals surface area contributed by atoms with Gasteiger partial charge in [0, 0.05) is 66.7 Å². The normalized spacial score (nSPS) is 18.5. The molecule has 4 N–H and O–H groups in total. The molecule has 0 atom stereocenters. The minimum Gasteiger partial charge on any atom is -0.474 e. The molecule has 3 aromatic heterocycles. The van der Waals surface area contributed by atoms with E-state index in [-0.39, 0.29) is 23.7 Å². The topological polar surface area (TPSA) is 129 Å². The highest BCUT2D eigenvalue weighted by Crippen LogP contribution is 2.40. The largest absolute Gasteiger partial charge is 0.474 e. The SMILES string of the molecule is Cc1c(-c2cc3cc(NC(=O)O[C@H]4C[C@H](n5ccnc5)C4)ncc3c(N)c2F)cnc2c1NCCO2. The third-order valence-corrected chi connectivity index (χ3v) is 6.76. The number of rotatable bonds is 4. The van der Waals surface area contributed by atoms with Crippen LogP contribution in [0.1, 0.15) is 24.4 Å². The standard InChI is InChI=1S/C25H24FN7O3/c1-13-18(10-31-24-23(13)29-3-5-35-24)17-6-14-7-20(30-11-19(14)22(27)21(17)26)32-25(34)36-16-8-15(9-16)33-4-2-28-12-33/h2,4,6-7,10-12,15-16,29H,3,5,8-9,27H2,1H3,(H,30,32,34)/t15-,16-. The number of hydrogen-bond donors (Lipinski definition) is 3. The number of benzene rings is 1. The van der Waals surface area contributed by atoms with Crippen molar-refractivity contribution in [1.29, 1.82) is 0 Å². The summed E-state index contributed by atoms with van der Waals surface area (Å²) in [5, 5.41) is 7.00. The molecule has 1 saturated carbocycles. The van der Waals surface area contributed by atoms with Crippen molar-refractivity contribution in [2.24, 2.45) is 0 Å². The van der Waals surface area contributed by atoms with E-state index < -0.39 is 11.9 Å². The van der Waals surface area contributed by atoms with Crippen LogP contribution in [0.25, 0.3) is 21.9 Å². The Morgan fingerprint density at radius 2 is 2.14 bits per heavy atom. The number of ether oxygens (including phenoxy) is 2. The fourth-order valence-electron chi connectivity index (χ4n) is 4.70. The highest BCUT2D eigenvalue weighted by Gasteiger charge is 2.33. The number of nitrogens with two attached hydrogens (primary N) is 1. The molecule has 6 rings (SSSR count). The summed E-state index contributed by atoms with van der Waals surface area (Å²) in [5.41, 5.74) is 8.57. The smallest absolute Gasteiger partial charge is 0.413 e. The molecule has 1 aliphatic carbocycles. The van der Waals surface area contributed by atoms with Gasteiger partial charge >= 0.3 is 6.09 Å². The van der Waals surface area contributed by atoms with Gasteiger partial charge in [-0.05, 0) is 30.0 Å². The Bertz CT molecular complexity index is 1470. The van der Waals surface area contributed by atoms with E-state index in [1.54, 1.807) is 30.9 Å². The molecule has 0 unspecified atom stereocenters. The maximum Gasteiger partial charge on any atom is 0.413 e. The van der Waals surface area contributed by atoms with Crippen molar-refractivity contribution in [2.75, 3.05) is 29.5 Å². The summed E-state index contributed by atoms with van der Waals surface area (Å²) in [7, 11) is 0. The van der Waals surface area contributed by atoms with E-state index in [4.69, 9.17) is 15.2 Å². The lowest BCUT2D eigenvalue weighted by atomic mass is 9.89. The number of nitrogens with one attached hydrogen (secondary N) is 2. The van der Waals surface area contributed by atoms with Gasteiger partial charge in [0.2, 0.25) is 5.88 Å². The van der Waals surface area contributed by atoms with Crippen molar-refractivity contribution in [2.45, 2.75) is 31.9 Å². The number of pyridine rings is 2. The van der Waals surface area contributed by atoms with E-state index >= 15 is 4.39 Å². The maximum atomic E-state index is 15.3. The molecule has 1 amide bonds. The van der Waals surface area contributed by atoms with Gasteiger partial charge in [0.25, 0.3) is 0 Å². The first-order valence-electron chi connectivity index (χ1n) is 11.7. The molecule has 4 aromatic rings. The molecule has 1 fully saturated rings. The number of nitrogen functional groups attached to an aromatic ring is 1. The summed E-state index contributed by atoms with van der Waals surface area (Å²) >= 11 is 0. The van der Waals surface area contributed by atoms with E-state index in [2.05, 4.69) is 25.6 Å². The molecule has 184 valence electrons. The average molecular weight is 490 g/mol. The van der Waals surface area contributed by atoms with Crippen LogP contribution in [-0.2, 0) is 4.74 Å². The Labute approximate surface area is 205 Å².